The number of halogens is 2. The molecule has 7 heteroatoms. The minimum Gasteiger partial charge on any atom is -0.365 e. The molecule has 0 bridgehead atoms. The number of carbonyl (C=O) groups excluding carboxylic acids is 1. The van der Waals surface area contributed by atoms with Gasteiger partial charge in [-0.15, -0.1) is 0 Å². The molecule has 26 heavy (non-hydrogen) atoms. The lowest BCUT2D eigenvalue weighted by Gasteiger charge is -2.24. The Bertz CT molecular complexity index is 938. The fraction of sp³-hybridized carbons (Fsp3) is 0.158. The maximum absolute atomic E-state index is 13.0. The van der Waals surface area contributed by atoms with Crippen molar-refractivity contribution in [3.8, 4) is 0 Å². The molecular weight excluding hydrogens is 401 g/mol. The molecule has 0 aliphatic carbocycles. The Morgan fingerprint density at radius 3 is 2.65 bits per heavy atom. The summed E-state index contributed by atoms with van der Waals surface area (Å²) in [5.74, 6) is -0.685. The van der Waals surface area contributed by atoms with Crippen molar-refractivity contribution >= 4 is 27.5 Å². The number of hydrogen-bond donors (Lipinski definition) is 1. The van der Waals surface area contributed by atoms with Crippen LogP contribution in [0.4, 0.5) is 10.1 Å². The standard InChI is InChI=1S/C19H15BrFN3O2/c20-13-3-1-12(2-4-13)18-10-24-16(11-26-18)9-17(23-24)19(25)22-15-7-5-14(21)6-8-15/h1-9,18H,10-11H2,(H,22,25). The molecule has 0 radical (unpaired) electrons. The predicted octanol–water partition coefficient (Wildman–Crippen LogP) is 4.31. The Morgan fingerprint density at radius 2 is 1.92 bits per heavy atom. The predicted molar refractivity (Wildman–Crippen MR) is 98.3 cm³/mol. The third-order valence-corrected chi connectivity index (χ3v) is 4.74. The van der Waals surface area contributed by atoms with Gasteiger partial charge in [0, 0.05) is 10.2 Å². The van der Waals surface area contributed by atoms with E-state index in [-0.39, 0.29) is 17.8 Å². The molecule has 1 unspecified atom stereocenters. The molecule has 0 spiro atoms. The molecule has 3 aromatic rings. The van der Waals surface area contributed by atoms with E-state index in [1.165, 1.54) is 24.3 Å². The van der Waals surface area contributed by atoms with Gasteiger partial charge in [0.1, 0.15) is 11.9 Å². The molecule has 5 nitrogen and oxygen atoms in total. The first-order chi connectivity index (χ1) is 12.6. The van der Waals surface area contributed by atoms with Crippen LogP contribution in [0.25, 0.3) is 0 Å². The van der Waals surface area contributed by atoms with Gasteiger partial charge in [-0.05, 0) is 48.0 Å². The molecule has 1 amide bonds. The summed E-state index contributed by atoms with van der Waals surface area (Å²) in [5.41, 5.74) is 2.74. The van der Waals surface area contributed by atoms with Crippen LogP contribution in [0, 0.1) is 5.82 Å². The van der Waals surface area contributed by atoms with Gasteiger partial charge in [0.05, 0.1) is 18.8 Å². The van der Waals surface area contributed by atoms with Gasteiger partial charge in [-0.25, -0.2) is 4.39 Å². The summed E-state index contributed by atoms with van der Waals surface area (Å²) < 4.78 is 21.7. The van der Waals surface area contributed by atoms with E-state index in [0.717, 1.165) is 15.7 Å². The van der Waals surface area contributed by atoms with Gasteiger partial charge < -0.3 is 10.1 Å². The average Bonchev–Trinajstić information content (AvgIpc) is 3.08. The van der Waals surface area contributed by atoms with Crippen molar-refractivity contribution in [2.75, 3.05) is 5.32 Å². The third kappa shape index (κ3) is 3.54. The van der Waals surface area contributed by atoms with E-state index in [9.17, 15) is 9.18 Å². The average molecular weight is 416 g/mol. The smallest absolute Gasteiger partial charge is 0.276 e. The zero-order valence-corrected chi connectivity index (χ0v) is 15.2. The largest absolute Gasteiger partial charge is 0.365 e. The SMILES string of the molecule is O=C(Nc1ccc(F)cc1)c1cc2n(n1)CC(c1ccc(Br)cc1)OC2. The van der Waals surface area contributed by atoms with Crippen molar-refractivity contribution < 1.29 is 13.9 Å². The zero-order valence-electron chi connectivity index (χ0n) is 13.7. The first-order valence-corrected chi connectivity index (χ1v) is 8.88. The van der Waals surface area contributed by atoms with Crippen LogP contribution < -0.4 is 5.32 Å². The van der Waals surface area contributed by atoms with Gasteiger partial charge in [-0.3, -0.25) is 9.48 Å². The molecule has 1 aliphatic heterocycles. The van der Waals surface area contributed by atoms with E-state index < -0.39 is 0 Å². The lowest BCUT2D eigenvalue weighted by molar-refractivity contribution is -0.00119. The molecule has 0 saturated carbocycles. The van der Waals surface area contributed by atoms with E-state index in [0.29, 0.717) is 24.5 Å². The van der Waals surface area contributed by atoms with Gasteiger partial charge in [-0.2, -0.15) is 5.10 Å². The molecule has 1 aliphatic rings. The summed E-state index contributed by atoms with van der Waals surface area (Å²) in [4.78, 5) is 12.4. The number of carbonyl (C=O) groups is 1. The van der Waals surface area contributed by atoms with Crippen LogP contribution in [0.5, 0.6) is 0 Å². The fourth-order valence-corrected chi connectivity index (χ4v) is 3.11. The second-order valence-corrected chi connectivity index (χ2v) is 6.93. The molecule has 0 saturated heterocycles. The minimum absolute atomic E-state index is 0.108. The van der Waals surface area contributed by atoms with Gasteiger partial charge in [0.15, 0.2) is 5.69 Å². The van der Waals surface area contributed by atoms with Crippen molar-refractivity contribution in [3.05, 3.63) is 81.8 Å². The van der Waals surface area contributed by atoms with E-state index in [4.69, 9.17) is 4.74 Å². The molecule has 1 atom stereocenters. The Hall–Kier alpha value is -2.51. The fourth-order valence-electron chi connectivity index (χ4n) is 2.84. The van der Waals surface area contributed by atoms with Crippen molar-refractivity contribution in [1.82, 2.24) is 9.78 Å². The van der Waals surface area contributed by atoms with Crippen molar-refractivity contribution in [2.24, 2.45) is 0 Å². The molecule has 2 heterocycles. The van der Waals surface area contributed by atoms with Crippen molar-refractivity contribution in [3.63, 3.8) is 0 Å². The van der Waals surface area contributed by atoms with Crippen LogP contribution in [-0.4, -0.2) is 15.7 Å². The normalized spacial score (nSPS) is 16.2. The lowest BCUT2D eigenvalue weighted by Crippen LogP contribution is -2.22. The number of nitrogens with zero attached hydrogens (tertiary/aromatic N) is 2. The number of benzene rings is 2. The van der Waals surface area contributed by atoms with Crippen LogP contribution in [0.3, 0.4) is 0 Å². The number of rotatable bonds is 3. The maximum atomic E-state index is 13.0. The zero-order chi connectivity index (χ0) is 18.1. The summed E-state index contributed by atoms with van der Waals surface area (Å²) in [7, 11) is 0. The van der Waals surface area contributed by atoms with Crippen molar-refractivity contribution in [1.29, 1.82) is 0 Å². The van der Waals surface area contributed by atoms with Crippen LogP contribution >= 0.6 is 15.9 Å². The van der Waals surface area contributed by atoms with Crippen LogP contribution in [0.2, 0.25) is 0 Å². The number of aromatic nitrogens is 2. The molecule has 1 N–H and O–H groups in total. The quantitative estimate of drug-likeness (QED) is 0.693. The van der Waals surface area contributed by atoms with Crippen molar-refractivity contribution in [2.45, 2.75) is 19.3 Å². The first-order valence-electron chi connectivity index (χ1n) is 8.09. The summed E-state index contributed by atoms with van der Waals surface area (Å²) in [5, 5.41) is 7.12. The second-order valence-electron chi connectivity index (χ2n) is 6.02. The van der Waals surface area contributed by atoms with Gasteiger partial charge in [0.2, 0.25) is 0 Å². The molecule has 0 fully saturated rings. The van der Waals surface area contributed by atoms with Gasteiger partial charge in [-0.1, -0.05) is 28.1 Å². The summed E-state index contributed by atoms with van der Waals surface area (Å²) in [6.45, 7) is 0.929. The highest BCUT2D eigenvalue weighted by Gasteiger charge is 2.24. The number of fused-ring (bicyclic) bond motifs is 1. The maximum Gasteiger partial charge on any atom is 0.276 e. The van der Waals surface area contributed by atoms with Crippen LogP contribution in [0.1, 0.15) is 27.8 Å². The summed E-state index contributed by atoms with van der Waals surface area (Å²) >= 11 is 3.42. The number of nitrogens with one attached hydrogen (secondary N) is 1. The first kappa shape index (κ1) is 16.9. The number of amides is 1. The lowest BCUT2D eigenvalue weighted by atomic mass is 10.1. The van der Waals surface area contributed by atoms with E-state index in [1.807, 2.05) is 24.3 Å². The minimum atomic E-state index is -0.350. The topological polar surface area (TPSA) is 56.2 Å². The monoisotopic (exact) mass is 415 g/mol. The number of hydrogen-bond acceptors (Lipinski definition) is 3. The molecule has 132 valence electrons. The highest BCUT2D eigenvalue weighted by molar-refractivity contribution is 9.10. The van der Waals surface area contributed by atoms with E-state index in [1.54, 1.807) is 10.7 Å². The molecule has 2 aromatic carbocycles. The highest BCUT2D eigenvalue weighted by atomic mass is 79.9. The Kier molecular flexibility index (Phi) is 4.57. The Morgan fingerprint density at radius 1 is 1.19 bits per heavy atom. The second kappa shape index (κ2) is 7.01. The Labute approximate surface area is 157 Å². The van der Waals surface area contributed by atoms with E-state index >= 15 is 0 Å². The highest BCUT2D eigenvalue weighted by Crippen LogP contribution is 2.27. The number of ether oxygens (including phenoxy) is 1. The van der Waals surface area contributed by atoms with Crippen LogP contribution in [-0.2, 0) is 17.9 Å². The number of anilines is 1. The third-order valence-electron chi connectivity index (χ3n) is 4.21. The molecule has 4 rings (SSSR count). The Balaban J connectivity index is 1.49. The summed E-state index contributed by atoms with van der Waals surface area (Å²) in [6, 6.07) is 15.3. The molecule has 1 aromatic heterocycles. The van der Waals surface area contributed by atoms with E-state index in [2.05, 4.69) is 26.3 Å². The summed E-state index contributed by atoms with van der Waals surface area (Å²) in [6.07, 6.45) is -0.108. The van der Waals surface area contributed by atoms with Gasteiger partial charge >= 0.3 is 0 Å². The van der Waals surface area contributed by atoms with Crippen LogP contribution in [0.15, 0.2) is 59.1 Å². The van der Waals surface area contributed by atoms with Gasteiger partial charge in [0.25, 0.3) is 5.91 Å². The molecular formula is C19H15BrFN3O2.